The predicted octanol–water partition coefficient (Wildman–Crippen LogP) is 3.42. The van der Waals surface area contributed by atoms with E-state index in [0.29, 0.717) is 13.0 Å². The molecule has 0 saturated heterocycles. The van der Waals surface area contributed by atoms with Crippen molar-refractivity contribution >= 4 is 28.6 Å². The molecule has 2 nitrogen and oxygen atoms in total. The summed E-state index contributed by atoms with van der Waals surface area (Å²) in [6.07, 6.45) is 0.713. The number of ether oxygens (including phenoxy) is 1. The van der Waals surface area contributed by atoms with Crippen LogP contribution < -0.4 is 0 Å². The number of hydrogen-bond donors (Lipinski definition) is 0. The minimum Gasteiger partial charge on any atom is -0.466 e. The minimum atomic E-state index is -0.461. The maximum absolute atomic E-state index is 11.8. The van der Waals surface area contributed by atoms with Crippen molar-refractivity contribution in [1.29, 1.82) is 0 Å². The number of halogens is 1. The Morgan fingerprint density at radius 2 is 2.00 bits per heavy atom. The molecule has 16 heavy (non-hydrogen) atoms. The van der Waals surface area contributed by atoms with E-state index in [-0.39, 0.29) is 5.97 Å². The molecule has 0 radical (unpaired) electrons. The lowest BCUT2D eigenvalue weighted by molar-refractivity contribution is -0.153. The smallest absolute Gasteiger partial charge is 0.311 e. The van der Waals surface area contributed by atoms with Crippen LogP contribution in [0.5, 0.6) is 0 Å². The molecule has 1 aromatic rings. The molecule has 0 N–H and O–H groups in total. The van der Waals surface area contributed by atoms with Gasteiger partial charge in [0.05, 0.1) is 12.0 Å². The van der Waals surface area contributed by atoms with Crippen LogP contribution in [0.15, 0.2) is 24.3 Å². The summed E-state index contributed by atoms with van der Waals surface area (Å²) in [6.45, 7) is 6.12. The molecule has 0 fully saturated rings. The zero-order valence-corrected chi connectivity index (χ0v) is 12.1. The zero-order chi connectivity index (χ0) is 12.2. The third-order valence-electron chi connectivity index (χ3n) is 2.42. The van der Waals surface area contributed by atoms with Gasteiger partial charge in [0.25, 0.3) is 0 Å². The first kappa shape index (κ1) is 13.5. The van der Waals surface area contributed by atoms with E-state index in [2.05, 4.69) is 34.7 Å². The summed E-state index contributed by atoms with van der Waals surface area (Å²) in [5, 5.41) is 0. The average molecular weight is 332 g/mol. The molecule has 0 spiro atoms. The lowest BCUT2D eigenvalue weighted by atomic mass is 9.86. The normalized spacial score (nSPS) is 11.2. The van der Waals surface area contributed by atoms with Crippen LogP contribution in [0, 0.1) is 8.99 Å². The van der Waals surface area contributed by atoms with Crippen molar-refractivity contribution in [3.05, 3.63) is 33.4 Å². The summed E-state index contributed by atoms with van der Waals surface area (Å²) in [7, 11) is 0. The molecule has 0 aliphatic carbocycles. The molecule has 0 unspecified atom stereocenters. The number of benzene rings is 1. The topological polar surface area (TPSA) is 26.3 Å². The van der Waals surface area contributed by atoms with Gasteiger partial charge in [0.2, 0.25) is 0 Å². The van der Waals surface area contributed by atoms with Crippen molar-refractivity contribution in [2.24, 2.45) is 5.41 Å². The van der Waals surface area contributed by atoms with Gasteiger partial charge in [-0.25, -0.2) is 0 Å². The third kappa shape index (κ3) is 3.47. The van der Waals surface area contributed by atoms with Crippen molar-refractivity contribution in [2.75, 3.05) is 6.61 Å². The van der Waals surface area contributed by atoms with Crippen LogP contribution in [0.4, 0.5) is 0 Å². The number of esters is 1. The molecule has 0 aliphatic rings. The van der Waals surface area contributed by atoms with Gasteiger partial charge in [-0.1, -0.05) is 18.2 Å². The Balaban J connectivity index is 2.80. The van der Waals surface area contributed by atoms with Gasteiger partial charge in [0, 0.05) is 3.57 Å². The van der Waals surface area contributed by atoms with Crippen LogP contribution in [0.25, 0.3) is 0 Å². The minimum absolute atomic E-state index is 0.130. The maximum Gasteiger partial charge on any atom is 0.311 e. The van der Waals surface area contributed by atoms with E-state index < -0.39 is 5.41 Å². The first-order valence-electron chi connectivity index (χ1n) is 5.38. The molecule has 0 aliphatic heterocycles. The number of rotatable bonds is 4. The monoisotopic (exact) mass is 332 g/mol. The van der Waals surface area contributed by atoms with Gasteiger partial charge < -0.3 is 4.74 Å². The third-order valence-corrected chi connectivity index (χ3v) is 3.47. The Kier molecular flexibility index (Phi) is 4.77. The van der Waals surface area contributed by atoms with Crippen LogP contribution in [0.1, 0.15) is 26.3 Å². The molecule has 1 rings (SSSR count). The summed E-state index contributed by atoms with van der Waals surface area (Å²) in [5.41, 5.74) is 0.734. The Labute approximate surface area is 111 Å². The highest BCUT2D eigenvalue weighted by Crippen LogP contribution is 2.26. The molecular formula is C13H17IO2. The van der Waals surface area contributed by atoms with Crippen LogP contribution >= 0.6 is 22.6 Å². The summed E-state index contributed by atoms with van der Waals surface area (Å²) in [5.74, 6) is -0.130. The van der Waals surface area contributed by atoms with Crippen LogP contribution in [0.3, 0.4) is 0 Å². The van der Waals surface area contributed by atoms with Crippen LogP contribution in [-0.4, -0.2) is 12.6 Å². The fourth-order valence-corrected chi connectivity index (χ4v) is 2.09. The van der Waals surface area contributed by atoms with E-state index in [4.69, 9.17) is 4.74 Å². The zero-order valence-electron chi connectivity index (χ0n) is 9.92. The number of carbonyl (C=O) groups excluding carboxylic acids is 1. The Morgan fingerprint density at radius 1 is 1.38 bits per heavy atom. The number of carbonyl (C=O) groups is 1. The quantitative estimate of drug-likeness (QED) is 0.624. The van der Waals surface area contributed by atoms with Gasteiger partial charge in [0.1, 0.15) is 0 Å². The largest absolute Gasteiger partial charge is 0.466 e. The van der Waals surface area contributed by atoms with E-state index in [1.54, 1.807) is 0 Å². The molecule has 0 bridgehead atoms. The van der Waals surface area contributed by atoms with Crippen molar-refractivity contribution in [3.8, 4) is 0 Å². The maximum atomic E-state index is 11.8. The molecule has 1 aromatic carbocycles. The molecule has 0 amide bonds. The standard InChI is InChI=1S/C13H17IO2/c1-4-16-12(15)13(2,3)9-10-7-5-6-8-11(10)14/h5-8H,4,9H2,1-3H3. The fraction of sp³-hybridized carbons (Fsp3) is 0.462. The molecule has 0 saturated carbocycles. The van der Waals surface area contributed by atoms with E-state index in [0.717, 1.165) is 0 Å². The van der Waals surface area contributed by atoms with Gasteiger partial charge in [-0.3, -0.25) is 4.79 Å². The van der Waals surface area contributed by atoms with Crippen molar-refractivity contribution in [1.82, 2.24) is 0 Å². The molecule has 0 aromatic heterocycles. The van der Waals surface area contributed by atoms with Crippen molar-refractivity contribution in [3.63, 3.8) is 0 Å². The predicted molar refractivity (Wildman–Crippen MR) is 73.3 cm³/mol. The highest BCUT2D eigenvalue weighted by atomic mass is 127. The lowest BCUT2D eigenvalue weighted by Crippen LogP contribution is -2.29. The van der Waals surface area contributed by atoms with Crippen LogP contribution in [-0.2, 0) is 16.0 Å². The average Bonchev–Trinajstić information content (AvgIpc) is 2.21. The molecule has 88 valence electrons. The highest BCUT2D eigenvalue weighted by molar-refractivity contribution is 14.1. The van der Waals surface area contributed by atoms with E-state index in [1.807, 2.05) is 32.9 Å². The molecule has 0 atom stereocenters. The second kappa shape index (κ2) is 5.66. The van der Waals surface area contributed by atoms with Gasteiger partial charge in [-0.05, 0) is 61.4 Å². The Hall–Kier alpha value is -0.580. The lowest BCUT2D eigenvalue weighted by Gasteiger charge is -2.22. The van der Waals surface area contributed by atoms with Gasteiger partial charge >= 0.3 is 5.97 Å². The SMILES string of the molecule is CCOC(=O)C(C)(C)Cc1ccccc1I. The molecule has 0 heterocycles. The number of hydrogen-bond acceptors (Lipinski definition) is 2. The molecule has 3 heteroatoms. The van der Waals surface area contributed by atoms with Gasteiger partial charge in [-0.15, -0.1) is 0 Å². The van der Waals surface area contributed by atoms with E-state index >= 15 is 0 Å². The second-order valence-electron chi connectivity index (χ2n) is 4.37. The van der Waals surface area contributed by atoms with Crippen molar-refractivity contribution in [2.45, 2.75) is 27.2 Å². The first-order chi connectivity index (χ1) is 7.47. The summed E-state index contributed by atoms with van der Waals surface area (Å²) in [6, 6.07) is 8.11. The Bertz CT molecular complexity index is 372. The van der Waals surface area contributed by atoms with E-state index in [9.17, 15) is 4.79 Å². The summed E-state index contributed by atoms with van der Waals surface area (Å²) < 4.78 is 6.27. The van der Waals surface area contributed by atoms with Crippen LogP contribution in [0.2, 0.25) is 0 Å². The fourth-order valence-electron chi connectivity index (χ4n) is 1.52. The first-order valence-corrected chi connectivity index (χ1v) is 6.46. The Morgan fingerprint density at radius 3 is 2.56 bits per heavy atom. The van der Waals surface area contributed by atoms with Gasteiger partial charge in [-0.2, -0.15) is 0 Å². The second-order valence-corrected chi connectivity index (χ2v) is 5.53. The van der Waals surface area contributed by atoms with Gasteiger partial charge in [0.15, 0.2) is 0 Å². The van der Waals surface area contributed by atoms with E-state index in [1.165, 1.54) is 9.13 Å². The highest BCUT2D eigenvalue weighted by Gasteiger charge is 2.29. The molecular weight excluding hydrogens is 315 g/mol. The summed E-state index contributed by atoms with van der Waals surface area (Å²) >= 11 is 2.29. The van der Waals surface area contributed by atoms with Crippen molar-refractivity contribution < 1.29 is 9.53 Å². The summed E-state index contributed by atoms with van der Waals surface area (Å²) in [4.78, 5) is 11.8.